The summed E-state index contributed by atoms with van der Waals surface area (Å²) in [5, 5.41) is 12.6. The molecule has 68 valence electrons. The first-order valence-corrected chi connectivity index (χ1v) is 4.58. The van der Waals surface area contributed by atoms with E-state index in [2.05, 4.69) is 26.1 Å². The van der Waals surface area contributed by atoms with Gasteiger partial charge in [-0.25, -0.2) is 0 Å². The van der Waals surface area contributed by atoms with Gasteiger partial charge < -0.3 is 10.4 Å². The van der Waals surface area contributed by atoms with Gasteiger partial charge in [0.25, 0.3) is 0 Å². The molecule has 0 aliphatic carbocycles. The second kappa shape index (κ2) is 6.62. The van der Waals surface area contributed by atoms with E-state index in [-0.39, 0.29) is 6.10 Å². The zero-order valence-corrected chi connectivity index (χ0v) is 7.93. The SMILES string of the molecule is CCCC(O)CCNC(C)C. The standard InChI is InChI=1S/C9H21NO/c1-4-5-9(11)6-7-10-8(2)3/h8-11H,4-7H2,1-3H3. The van der Waals surface area contributed by atoms with E-state index in [1.54, 1.807) is 0 Å². The highest BCUT2D eigenvalue weighted by Gasteiger charge is 2.01. The Labute approximate surface area is 70.0 Å². The molecule has 1 unspecified atom stereocenters. The second-order valence-electron chi connectivity index (χ2n) is 3.34. The van der Waals surface area contributed by atoms with Crippen molar-refractivity contribution < 1.29 is 5.11 Å². The Morgan fingerprint density at radius 3 is 2.36 bits per heavy atom. The summed E-state index contributed by atoms with van der Waals surface area (Å²) in [6, 6.07) is 0.531. The van der Waals surface area contributed by atoms with Crippen molar-refractivity contribution >= 4 is 0 Å². The molecule has 0 amide bonds. The quantitative estimate of drug-likeness (QED) is 0.616. The molecular formula is C9H21NO. The van der Waals surface area contributed by atoms with Gasteiger partial charge in [0.1, 0.15) is 0 Å². The number of rotatable bonds is 6. The first-order valence-electron chi connectivity index (χ1n) is 4.58. The van der Waals surface area contributed by atoms with Gasteiger partial charge >= 0.3 is 0 Å². The minimum Gasteiger partial charge on any atom is -0.393 e. The molecule has 0 aromatic heterocycles. The third-order valence-corrected chi connectivity index (χ3v) is 1.65. The first kappa shape index (κ1) is 10.9. The van der Waals surface area contributed by atoms with Crippen molar-refractivity contribution in [3.05, 3.63) is 0 Å². The highest BCUT2D eigenvalue weighted by atomic mass is 16.3. The van der Waals surface area contributed by atoms with E-state index in [1.807, 2.05) is 0 Å². The normalized spacial score (nSPS) is 13.9. The number of hydrogen-bond acceptors (Lipinski definition) is 2. The van der Waals surface area contributed by atoms with Gasteiger partial charge in [0, 0.05) is 6.04 Å². The summed E-state index contributed by atoms with van der Waals surface area (Å²) in [6.07, 6.45) is 2.78. The van der Waals surface area contributed by atoms with Crippen LogP contribution in [-0.2, 0) is 0 Å². The summed E-state index contributed by atoms with van der Waals surface area (Å²) in [5.74, 6) is 0. The average molecular weight is 159 g/mol. The summed E-state index contributed by atoms with van der Waals surface area (Å²) in [6.45, 7) is 7.26. The monoisotopic (exact) mass is 159 g/mol. The largest absolute Gasteiger partial charge is 0.393 e. The van der Waals surface area contributed by atoms with E-state index in [9.17, 15) is 5.11 Å². The Balaban J connectivity index is 3.10. The van der Waals surface area contributed by atoms with Crippen molar-refractivity contribution in [1.82, 2.24) is 5.32 Å². The number of aliphatic hydroxyl groups excluding tert-OH is 1. The van der Waals surface area contributed by atoms with Crippen LogP contribution in [0.5, 0.6) is 0 Å². The molecule has 0 saturated carbocycles. The predicted octanol–water partition coefficient (Wildman–Crippen LogP) is 1.54. The van der Waals surface area contributed by atoms with E-state index in [1.165, 1.54) is 0 Å². The third-order valence-electron chi connectivity index (χ3n) is 1.65. The minimum absolute atomic E-state index is 0.105. The zero-order chi connectivity index (χ0) is 8.69. The molecule has 0 aromatic rings. The summed E-state index contributed by atoms with van der Waals surface area (Å²) >= 11 is 0. The lowest BCUT2D eigenvalue weighted by Crippen LogP contribution is -2.26. The van der Waals surface area contributed by atoms with Crippen LogP contribution in [0.1, 0.15) is 40.0 Å². The Hall–Kier alpha value is -0.0800. The van der Waals surface area contributed by atoms with Gasteiger partial charge in [-0.3, -0.25) is 0 Å². The Morgan fingerprint density at radius 1 is 1.27 bits per heavy atom. The van der Waals surface area contributed by atoms with Crippen LogP contribution in [0.2, 0.25) is 0 Å². The van der Waals surface area contributed by atoms with Crippen LogP contribution in [0.25, 0.3) is 0 Å². The lowest BCUT2D eigenvalue weighted by Gasteiger charge is -2.11. The Morgan fingerprint density at radius 2 is 1.91 bits per heavy atom. The van der Waals surface area contributed by atoms with E-state index >= 15 is 0 Å². The molecule has 0 fully saturated rings. The fourth-order valence-electron chi connectivity index (χ4n) is 1.02. The average Bonchev–Trinajstić information content (AvgIpc) is 1.87. The fourth-order valence-corrected chi connectivity index (χ4v) is 1.02. The maximum Gasteiger partial charge on any atom is 0.0552 e. The van der Waals surface area contributed by atoms with Crippen molar-refractivity contribution in [3.8, 4) is 0 Å². The van der Waals surface area contributed by atoms with Gasteiger partial charge in [-0.1, -0.05) is 27.2 Å². The number of nitrogens with one attached hydrogen (secondary N) is 1. The second-order valence-corrected chi connectivity index (χ2v) is 3.34. The molecule has 0 aliphatic heterocycles. The molecule has 0 heterocycles. The maximum atomic E-state index is 9.32. The lowest BCUT2D eigenvalue weighted by molar-refractivity contribution is 0.152. The van der Waals surface area contributed by atoms with Gasteiger partial charge in [-0.05, 0) is 19.4 Å². The van der Waals surface area contributed by atoms with Crippen molar-refractivity contribution in [2.75, 3.05) is 6.54 Å². The fraction of sp³-hybridized carbons (Fsp3) is 1.00. The topological polar surface area (TPSA) is 32.3 Å². The van der Waals surface area contributed by atoms with E-state index < -0.39 is 0 Å². The van der Waals surface area contributed by atoms with Gasteiger partial charge in [-0.15, -0.1) is 0 Å². The number of hydrogen-bond donors (Lipinski definition) is 2. The van der Waals surface area contributed by atoms with Gasteiger partial charge in [0.05, 0.1) is 6.10 Å². The molecule has 0 bridgehead atoms. The molecule has 2 heteroatoms. The van der Waals surface area contributed by atoms with Gasteiger partial charge in [-0.2, -0.15) is 0 Å². The molecule has 0 radical (unpaired) electrons. The van der Waals surface area contributed by atoms with Crippen LogP contribution < -0.4 is 5.32 Å². The third kappa shape index (κ3) is 7.82. The van der Waals surface area contributed by atoms with Crippen molar-refractivity contribution in [1.29, 1.82) is 0 Å². The molecule has 0 spiro atoms. The first-order chi connectivity index (χ1) is 5.16. The van der Waals surface area contributed by atoms with E-state index in [0.29, 0.717) is 6.04 Å². The molecule has 0 aliphatic rings. The van der Waals surface area contributed by atoms with Crippen LogP contribution in [0.4, 0.5) is 0 Å². The molecule has 2 nitrogen and oxygen atoms in total. The highest BCUT2D eigenvalue weighted by Crippen LogP contribution is 1.99. The van der Waals surface area contributed by atoms with E-state index in [4.69, 9.17) is 0 Å². The molecule has 1 atom stereocenters. The van der Waals surface area contributed by atoms with Crippen LogP contribution >= 0.6 is 0 Å². The van der Waals surface area contributed by atoms with E-state index in [0.717, 1.165) is 25.8 Å². The maximum absolute atomic E-state index is 9.32. The Kier molecular flexibility index (Phi) is 6.57. The van der Waals surface area contributed by atoms with Crippen LogP contribution in [0.3, 0.4) is 0 Å². The van der Waals surface area contributed by atoms with Gasteiger partial charge in [0.15, 0.2) is 0 Å². The van der Waals surface area contributed by atoms with Crippen molar-refractivity contribution in [2.24, 2.45) is 0 Å². The van der Waals surface area contributed by atoms with Crippen LogP contribution in [-0.4, -0.2) is 23.8 Å². The zero-order valence-electron chi connectivity index (χ0n) is 7.93. The predicted molar refractivity (Wildman–Crippen MR) is 48.7 cm³/mol. The van der Waals surface area contributed by atoms with Crippen molar-refractivity contribution in [2.45, 2.75) is 52.2 Å². The molecular weight excluding hydrogens is 138 g/mol. The minimum atomic E-state index is -0.105. The molecule has 2 N–H and O–H groups in total. The molecule has 0 saturated heterocycles. The molecule has 0 rings (SSSR count). The summed E-state index contributed by atoms with van der Waals surface area (Å²) < 4.78 is 0. The van der Waals surface area contributed by atoms with Crippen LogP contribution in [0.15, 0.2) is 0 Å². The van der Waals surface area contributed by atoms with Crippen molar-refractivity contribution in [3.63, 3.8) is 0 Å². The highest BCUT2D eigenvalue weighted by molar-refractivity contribution is 4.59. The molecule has 11 heavy (non-hydrogen) atoms. The smallest absolute Gasteiger partial charge is 0.0552 e. The van der Waals surface area contributed by atoms with Crippen LogP contribution in [0, 0.1) is 0 Å². The summed E-state index contributed by atoms with van der Waals surface area (Å²) in [5.41, 5.74) is 0. The summed E-state index contributed by atoms with van der Waals surface area (Å²) in [7, 11) is 0. The summed E-state index contributed by atoms with van der Waals surface area (Å²) in [4.78, 5) is 0. The van der Waals surface area contributed by atoms with Gasteiger partial charge in [0.2, 0.25) is 0 Å². The lowest BCUT2D eigenvalue weighted by atomic mass is 10.1. The number of aliphatic hydroxyl groups is 1. The Bertz CT molecular complexity index is 83.6. The molecule has 0 aromatic carbocycles.